The fraction of sp³-hybridized carbons (Fsp3) is 0.333. The molecule has 0 aliphatic carbocycles. The van der Waals surface area contributed by atoms with Gasteiger partial charge in [0.05, 0.1) is 23.0 Å². The number of nitro benzene ring substituents is 1. The largest absolute Gasteiger partial charge is 0.394 e. The maximum atomic E-state index is 11.1. The smallest absolute Gasteiger partial charge is 0.288 e. The maximum absolute atomic E-state index is 11.1. The van der Waals surface area contributed by atoms with E-state index in [2.05, 4.69) is 0 Å². The van der Waals surface area contributed by atoms with E-state index in [1.54, 1.807) is 0 Å². The molecule has 2 aliphatic heterocycles. The first-order chi connectivity index (χ1) is 8.34. The molecule has 18 heavy (non-hydrogen) atoms. The monoisotopic (exact) mass is 277 g/mol. The lowest BCUT2D eigenvalue weighted by Crippen LogP contribution is -2.15. The standard InChI is InChI=1S/C6H3NO4S.C3H8O3/c8-7(9)5-2-1-4-3-6(5)12(4,10)11;4-1-3(6)2-5/h1-3H;3-6H,1-2H2. The van der Waals surface area contributed by atoms with Gasteiger partial charge in [-0.2, -0.15) is 0 Å². The SMILES string of the molecule is O=[N+]([O-])c1ccc2cc1S2(=O)=O.OCC(O)CO. The fourth-order valence-corrected chi connectivity index (χ4v) is 2.44. The molecule has 0 saturated heterocycles. The van der Waals surface area contributed by atoms with Crippen molar-refractivity contribution in [2.24, 2.45) is 0 Å². The van der Waals surface area contributed by atoms with Gasteiger partial charge in [0.1, 0.15) is 6.10 Å². The first kappa shape index (κ1) is 14.5. The van der Waals surface area contributed by atoms with E-state index in [4.69, 9.17) is 15.3 Å². The number of nitro groups is 1. The summed E-state index contributed by atoms with van der Waals surface area (Å²) in [6, 6.07) is 3.74. The number of sulfone groups is 1. The normalized spacial score (nSPS) is 14.4. The molecule has 0 fully saturated rings. The van der Waals surface area contributed by atoms with Crippen molar-refractivity contribution in [3.05, 3.63) is 28.3 Å². The molecule has 0 saturated carbocycles. The van der Waals surface area contributed by atoms with Crippen molar-refractivity contribution in [2.75, 3.05) is 13.2 Å². The molecule has 2 aliphatic rings. The summed E-state index contributed by atoms with van der Waals surface area (Å²) in [7, 11) is -3.45. The molecule has 2 bridgehead atoms. The molecular weight excluding hydrogens is 266 g/mol. The van der Waals surface area contributed by atoms with E-state index in [0.717, 1.165) is 0 Å². The van der Waals surface area contributed by atoms with E-state index in [-0.39, 0.29) is 28.7 Å². The van der Waals surface area contributed by atoms with Gasteiger partial charge in [0, 0.05) is 6.07 Å². The zero-order valence-corrected chi connectivity index (χ0v) is 9.87. The van der Waals surface area contributed by atoms with Crippen molar-refractivity contribution in [2.45, 2.75) is 15.9 Å². The maximum Gasteiger partial charge on any atom is 0.288 e. The van der Waals surface area contributed by atoms with Gasteiger partial charge in [0.15, 0.2) is 4.90 Å². The van der Waals surface area contributed by atoms with E-state index in [0.29, 0.717) is 0 Å². The summed E-state index contributed by atoms with van der Waals surface area (Å²) in [5.41, 5.74) is -0.343. The minimum atomic E-state index is -3.45. The molecule has 0 unspecified atom stereocenters. The van der Waals surface area contributed by atoms with Gasteiger partial charge in [-0.05, 0) is 12.1 Å². The van der Waals surface area contributed by atoms with Gasteiger partial charge < -0.3 is 15.3 Å². The van der Waals surface area contributed by atoms with Crippen molar-refractivity contribution in [1.29, 1.82) is 0 Å². The number of hydrogen-bond donors (Lipinski definition) is 3. The molecule has 8 nitrogen and oxygen atoms in total. The van der Waals surface area contributed by atoms with Crippen molar-refractivity contribution in [1.82, 2.24) is 0 Å². The summed E-state index contributed by atoms with van der Waals surface area (Å²) in [6.07, 6.45) is -0.954. The van der Waals surface area contributed by atoms with Gasteiger partial charge >= 0.3 is 0 Å². The van der Waals surface area contributed by atoms with Gasteiger partial charge in [-0.1, -0.05) is 0 Å². The molecule has 3 rings (SSSR count). The Bertz CT molecular complexity index is 546. The van der Waals surface area contributed by atoms with Gasteiger partial charge in [-0.3, -0.25) is 10.1 Å². The van der Waals surface area contributed by atoms with Crippen LogP contribution in [0.3, 0.4) is 0 Å². The lowest BCUT2D eigenvalue weighted by molar-refractivity contribution is -0.388. The predicted molar refractivity (Wildman–Crippen MR) is 58.7 cm³/mol. The molecule has 3 N–H and O–H groups in total. The number of aliphatic hydroxyl groups is 3. The van der Waals surface area contributed by atoms with Gasteiger partial charge in [0.25, 0.3) is 5.69 Å². The molecule has 0 aromatic heterocycles. The van der Waals surface area contributed by atoms with E-state index in [1.807, 2.05) is 0 Å². The Kier molecular flexibility index (Phi) is 4.35. The van der Waals surface area contributed by atoms with Crippen LogP contribution < -0.4 is 0 Å². The third-order valence-electron chi connectivity index (χ3n) is 2.15. The number of hydrogen-bond acceptors (Lipinski definition) is 7. The van der Waals surface area contributed by atoms with Gasteiger partial charge in [0.2, 0.25) is 9.84 Å². The molecule has 0 spiro atoms. The zero-order chi connectivity index (χ0) is 13.9. The molecule has 2 heterocycles. The molecular formula is C9H11NO7S. The number of nitrogens with zero attached hydrogens (tertiary/aromatic N) is 1. The lowest BCUT2D eigenvalue weighted by atomic mass is 10.3. The Hall–Kier alpha value is -1.55. The molecule has 1 aromatic carbocycles. The van der Waals surface area contributed by atoms with Crippen LogP contribution in [0.5, 0.6) is 0 Å². The summed E-state index contributed by atoms with van der Waals surface area (Å²) in [6.45, 7) is -0.729. The number of rotatable bonds is 3. The first-order valence-electron chi connectivity index (χ1n) is 4.78. The van der Waals surface area contributed by atoms with E-state index < -0.39 is 20.9 Å². The highest BCUT2D eigenvalue weighted by Crippen LogP contribution is 2.38. The van der Waals surface area contributed by atoms with Crippen LogP contribution in [0.1, 0.15) is 0 Å². The minimum absolute atomic E-state index is 0.156. The fourth-order valence-electron chi connectivity index (χ4n) is 1.15. The number of benzene rings is 1. The highest BCUT2D eigenvalue weighted by Gasteiger charge is 2.36. The Morgan fingerprint density at radius 2 is 1.83 bits per heavy atom. The van der Waals surface area contributed by atoms with E-state index in [9.17, 15) is 18.5 Å². The average molecular weight is 277 g/mol. The number of aliphatic hydroxyl groups excluding tert-OH is 3. The summed E-state index contributed by atoms with van der Waals surface area (Å²) in [4.78, 5) is 9.56. The van der Waals surface area contributed by atoms with Gasteiger partial charge in [-0.25, -0.2) is 8.42 Å². The molecule has 0 radical (unpaired) electrons. The quantitative estimate of drug-likeness (QED) is 0.486. The summed E-state index contributed by atoms with van der Waals surface area (Å²) < 4.78 is 22.1. The zero-order valence-electron chi connectivity index (χ0n) is 9.05. The molecule has 1 aromatic rings. The number of fused-ring (bicyclic) bond motifs is 2. The van der Waals surface area contributed by atoms with Crippen LogP contribution in [0, 0.1) is 10.1 Å². The van der Waals surface area contributed by atoms with Crippen LogP contribution in [0.4, 0.5) is 5.69 Å². The van der Waals surface area contributed by atoms with Crippen LogP contribution in [-0.2, 0) is 9.84 Å². The average Bonchev–Trinajstić information content (AvgIpc) is 2.38. The van der Waals surface area contributed by atoms with Crippen molar-refractivity contribution >= 4 is 15.5 Å². The lowest BCUT2D eigenvalue weighted by Gasteiger charge is -2.14. The van der Waals surface area contributed by atoms with E-state index >= 15 is 0 Å². The Morgan fingerprint density at radius 1 is 1.28 bits per heavy atom. The summed E-state index contributed by atoms with van der Waals surface area (Å²) >= 11 is 0. The van der Waals surface area contributed by atoms with Crippen LogP contribution >= 0.6 is 0 Å². The molecule has 100 valence electrons. The van der Waals surface area contributed by atoms with Gasteiger partial charge in [-0.15, -0.1) is 0 Å². The van der Waals surface area contributed by atoms with Crippen LogP contribution in [-0.4, -0.2) is 48.0 Å². The highest BCUT2D eigenvalue weighted by molar-refractivity contribution is 7.92. The van der Waals surface area contributed by atoms with E-state index in [1.165, 1.54) is 18.2 Å². The van der Waals surface area contributed by atoms with Crippen molar-refractivity contribution in [3.63, 3.8) is 0 Å². The second-order valence-corrected chi connectivity index (χ2v) is 5.33. The minimum Gasteiger partial charge on any atom is -0.394 e. The molecule has 0 atom stereocenters. The second-order valence-electron chi connectivity index (χ2n) is 3.41. The van der Waals surface area contributed by atoms with Crippen LogP contribution in [0.2, 0.25) is 0 Å². The Balaban J connectivity index is 0.000000232. The second kappa shape index (κ2) is 5.40. The van der Waals surface area contributed by atoms with Crippen LogP contribution in [0.15, 0.2) is 28.0 Å². The highest BCUT2D eigenvalue weighted by atomic mass is 32.2. The Labute approximate surface area is 102 Å². The summed E-state index contributed by atoms with van der Waals surface area (Å²) in [5.74, 6) is 0. The molecule has 0 amide bonds. The van der Waals surface area contributed by atoms with Crippen molar-refractivity contribution in [3.8, 4) is 0 Å². The predicted octanol–water partition coefficient (Wildman–Crippen LogP) is -0.927. The topological polar surface area (TPSA) is 138 Å². The molecule has 9 heteroatoms. The van der Waals surface area contributed by atoms with Crippen molar-refractivity contribution < 1.29 is 28.7 Å². The third-order valence-corrected chi connectivity index (χ3v) is 3.93. The first-order valence-corrected chi connectivity index (χ1v) is 6.26. The van der Waals surface area contributed by atoms with Crippen LogP contribution in [0.25, 0.3) is 0 Å². The summed E-state index contributed by atoms with van der Waals surface area (Å²) in [5, 5.41) is 34.3. The Morgan fingerprint density at radius 3 is 2.06 bits per heavy atom. The third kappa shape index (κ3) is 2.64.